The number of ether oxygens (including phenoxy) is 5. The Hall–Kier alpha value is -3.95. The molecule has 0 amide bonds. The predicted molar refractivity (Wildman–Crippen MR) is 151 cm³/mol. The summed E-state index contributed by atoms with van der Waals surface area (Å²) in [7, 11) is 0. The monoisotopic (exact) mass is 616 g/mol. The molecule has 2 N–H and O–H groups in total. The quantitative estimate of drug-likeness (QED) is 0.230. The second-order valence-electron chi connectivity index (χ2n) is 9.88. The number of aliphatic hydroxyl groups excluding tert-OH is 1. The lowest BCUT2D eigenvalue weighted by atomic mass is 9.84. The summed E-state index contributed by atoms with van der Waals surface area (Å²) >= 11 is 6.58. The van der Waals surface area contributed by atoms with Gasteiger partial charge in [0.25, 0.3) is 0 Å². The highest BCUT2D eigenvalue weighted by Crippen LogP contribution is 2.43. The van der Waals surface area contributed by atoms with Crippen LogP contribution in [0.25, 0.3) is 0 Å². The van der Waals surface area contributed by atoms with E-state index in [1.807, 2.05) is 12.1 Å². The Morgan fingerprint density at radius 1 is 0.953 bits per heavy atom. The van der Waals surface area contributed by atoms with E-state index in [0.717, 1.165) is 33.3 Å². The van der Waals surface area contributed by atoms with Gasteiger partial charge in [0.1, 0.15) is 12.7 Å². The van der Waals surface area contributed by atoms with E-state index in [0.29, 0.717) is 17.5 Å². The molecule has 1 unspecified atom stereocenters. The SMILES string of the molecule is C#CC(c1ccc(CCO)cc1)c1cc([C@]2(O)O[C@H](COC(C)=O)[C@@H](OC(C)=O)[C@H](OC(C)=O)[C@H]2OC(C)=O)ccc1Cl. The van der Waals surface area contributed by atoms with Crippen LogP contribution < -0.4 is 0 Å². The van der Waals surface area contributed by atoms with Gasteiger partial charge in [-0.1, -0.05) is 47.9 Å². The van der Waals surface area contributed by atoms with Crippen molar-refractivity contribution in [3.05, 3.63) is 69.7 Å². The van der Waals surface area contributed by atoms with Gasteiger partial charge in [-0.3, -0.25) is 19.2 Å². The Balaban J connectivity index is 2.19. The van der Waals surface area contributed by atoms with Crippen molar-refractivity contribution < 1.29 is 53.1 Å². The van der Waals surface area contributed by atoms with E-state index in [1.165, 1.54) is 18.2 Å². The summed E-state index contributed by atoms with van der Waals surface area (Å²) in [4.78, 5) is 48.1. The number of carbonyl (C=O) groups is 4. The molecule has 3 rings (SSSR count). The first-order valence-electron chi connectivity index (χ1n) is 13.3. The van der Waals surface area contributed by atoms with Crippen LogP contribution in [0.1, 0.15) is 55.9 Å². The maximum absolute atomic E-state index is 12.3. The minimum Gasteiger partial charge on any atom is -0.463 e. The summed E-state index contributed by atoms with van der Waals surface area (Å²) in [6, 6.07) is 11.6. The van der Waals surface area contributed by atoms with Crippen molar-refractivity contribution in [1.29, 1.82) is 0 Å². The molecule has 0 spiro atoms. The first kappa shape index (κ1) is 33.6. The fourth-order valence-electron chi connectivity index (χ4n) is 4.87. The number of benzene rings is 2. The average Bonchev–Trinajstić information content (AvgIpc) is 2.93. The van der Waals surface area contributed by atoms with Gasteiger partial charge in [-0.15, -0.1) is 6.42 Å². The zero-order valence-corrected chi connectivity index (χ0v) is 24.8. The Morgan fingerprint density at radius 3 is 2.09 bits per heavy atom. The van der Waals surface area contributed by atoms with Crippen LogP contribution in [0.5, 0.6) is 0 Å². The van der Waals surface area contributed by atoms with Gasteiger partial charge in [0.2, 0.25) is 11.9 Å². The number of terminal acetylenes is 1. The zero-order valence-electron chi connectivity index (χ0n) is 24.1. The maximum atomic E-state index is 12.3. The molecule has 2 aromatic carbocycles. The highest BCUT2D eigenvalue weighted by Gasteiger charge is 2.60. The third kappa shape index (κ3) is 8.12. The van der Waals surface area contributed by atoms with Gasteiger partial charge >= 0.3 is 23.9 Å². The van der Waals surface area contributed by atoms with Crippen molar-refractivity contribution in [3.8, 4) is 12.3 Å². The summed E-state index contributed by atoms with van der Waals surface area (Å²) < 4.78 is 27.4. The van der Waals surface area contributed by atoms with Gasteiger partial charge in [-0.05, 0) is 35.2 Å². The van der Waals surface area contributed by atoms with Gasteiger partial charge in [0.05, 0.1) is 5.92 Å². The zero-order chi connectivity index (χ0) is 31.9. The lowest BCUT2D eigenvalue weighted by Gasteiger charge is -2.48. The maximum Gasteiger partial charge on any atom is 0.303 e. The first-order chi connectivity index (χ1) is 20.3. The molecule has 0 bridgehead atoms. The van der Waals surface area contributed by atoms with Crippen LogP contribution in [-0.2, 0) is 55.1 Å². The summed E-state index contributed by atoms with van der Waals surface area (Å²) in [6.45, 7) is 3.85. The van der Waals surface area contributed by atoms with E-state index in [1.54, 1.807) is 12.1 Å². The van der Waals surface area contributed by atoms with Crippen LogP contribution in [0.15, 0.2) is 42.5 Å². The molecule has 0 radical (unpaired) electrons. The van der Waals surface area contributed by atoms with E-state index in [2.05, 4.69) is 5.92 Å². The van der Waals surface area contributed by atoms with Gasteiger partial charge in [-0.25, -0.2) is 0 Å². The predicted octanol–water partition coefficient (Wildman–Crippen LogP) is 2.54. The largest absolute Gasteiger partial charge is 0.463 e. The van der Waals surface area contributed by atoms with E-state index in [9.17, 15) is 29.4 Å². The molecule has 6 atom stereocenters. The fourth-order valence-corrected chi connectivity index (χ4v) is 5.10. The average molecular weight is 617 g/mol. The van der Waals surface area contributed by atoms with Crippen molar-refractivity contribution >= 4 is 35.5 Å². The third-order valence-electron chi connectivity index (χ3n) is 6.65. The van der Waals surface area contributed by atoms with Crippen molar-refractivity contribution in [3.63, 3.8) is 0 Å². The van der Waals surface area contributed by atoms with E-state index >= 15 is 0 Å². The normalized spacial score (nSPS) is 23.8. The van der Waals surface area contributed by atoms with E-state index in [-0.39, 0.29) is 17.2 Å². The Labute approximate surface area is 254 Å². The third-order valence-corrected chi connectivity index (χ3v) is 7.00. The standard InChI is InChI=1S/C31H33ClO11/c1-6-24(22-9-7-21(8-10-22)13-14-33)25-15-23(11-12-26(25)32)31(38)30(42-20(5)37)29(41-19(4)36)28(40-18(3)35)27(43-31)16-39-17(2)34/h1,7-12,15,24,27-30,33,38H,13-14,16H2,2-5H3/t24?,27-,28-,29+,30-,31+/m1/s1. The molecule has 11 nitrogen and oxygen atoms in total. The van der Waals surface area contributed by atoms with E-state index < -0.39 is 66.6 Å². The summed E-state index contributed by atoms with van der Waals surface area (Å²) in [5.41, 5.74) is 1.98. The molecule has 1 fully saturated rings. The van der Waals surface area contributed by atoms with Gasteiger partial charge < -0.3 is 33.9 Å². The molecule has 0 aromatic heterocycles. The Bertz CT molecular complexity index is 1380. The number of hydrogen-bond donors (Lipinski definition) is 2. The molecule has 1 heterocycles. The molecular formula is C31H33ClO11. The van der Waals surface area contributed by atoms with Crippen molar-refractivity contribution in [2.75, 3.05) is 13.2 Å². The molecular weight excluding hydrogens is 584 g/mol. The molecule has 230 valence electrons. The summed E-state index contributed by atoms with van der Waals surface area (Å²) in [5, 5.41) is 21.6. The molecule has 0 saturated carbocycles. The Morgan fingerprint density at radius 2 is 1.56 bits per heavy atom. The van der Waals surface area contributed by atoms with E-state index in [4.69, 9.17) is 41.7 Å². The molecule has 43 heavy (non-hydrogen) atoms. The minimum atomic E-state index is -2.54. The molecule has 1 aliphatic heterocycles. The number of aliphatic hydroxyl groups is 2. The topological polar surface area (TPSA) is 155 Å². The van der Waals surface area contributed by atoms with Crippen LogP contribution in [-0.4, -0.2) is 71.7 Å². The van der Waals surface area contributed by atoms with Crippen LogP contribution >= 0.6 is 11.6 Å². The molecule has 1 saturated heterocycles. The molecule has 0 aliphatic carbocycles. The molecule has 12 heteroatoms. The number of carbonyl (C=O) groups excluding carboxylic acids is 4. The van der Waals surface area contributed by atoms with Crippen LogP contribution in [0.2, 0.25) is 5.02 Å². The number of rotatable bonds is 10. The number of hydrogen-bond acceptors (Lipinski definition) is 11. The van der Waals surface area contributed by atoms with Crippen molar-refractivity contribution in [2.24, 2.45) is 0 Å². The van der Waals surface area contributed by atoms with Gasteiger partial charge in [-0.2, -0.15) is 0 Å². The van der Waals surface area contributed by atoms with Crippen molar-refractivity contribution in [2.45, 2.75) is 70.2 Å². The lowest BCUT2D eigenvalue weighted by Crippen LogP contribution is -2.66. The highest BCUT2D eigenvalue weighted by atomic mass is 35.5. The fraction of sp³-hybridized carbons (Fsp3) is 0.419. The minimum absolute atomic E-state index is 0.00144. The van der Waals surface area contributed by atoms with Gasteiger partial charge in [0, 0.05) is 44.9 Å². The summed E-state index contributed by atoms with van der Waals surface area (Å²) in [5.74, 6) is -3.78. The molecule has 2 aromatic rings. The number of esters is 4. The lowest BCUT2D eigenvalue weighted by molar-refractivity contribution is -0.360. The Kier molecular flexibility index (Phi) is 11.3. The second kappa shape index (κ2) is 14.5. The van der Waals surface area contributed by atoms with Crippen LogP contribution in [0.4, 0.5) is 0 Å². The second-order valence-corrected chi connectivity index (χ2v) is 10.3. The van der Waals surface area contributed by atoms with Crippen molar-refractivity contribution in [1.82, 2.24) is 0 Å². The van der Waals surface area contributed by atoms with Crippen LogP contribution in [0.3, 0.4) is 0 Å². The summed E-state index contributed by atoms with van der Waals surface area (Å²) in [6.07, 6.45) is 0.203. The van der Waals surface area contributed by atoms with Gasteiger partial charge in [0.15, 0.2) is 12.2 Å². The first-order valence-corrected chi connectivity index (χ1v) is 13.7. The highest BCUT2D eigenvalue weighted by molar-refractivity contribution is 6.31. The molecule has 1 aliphatic rings. The number of halogens is 1. The van der Waals surface area contributed by atoms with Crippen LogP contribution in [0, 0.1) is 12.3 Å². The smallest absolute Gasteiger partial charge is 0.303 e.